The standard InChI is InChI=1S/C9H10BrN5O/c1-14-5-6(3-11-14)13-7-4-12-15(2)9(16)8(7)10/h3-5,13H,1-2H3. The van der Waals surface area contributed by atoms with Gasteiger partial charge >= 0.3 is 0 Å². The molecule has 0 aliphatic carbocycles. The molecule has 84 valence electrons. The highest BCUT2D eigenvalue weighted by Gasteiger charge is 2.07. The smallest absolute Gasteiger partial charge is 0.282 e. The van der Waals surface area contributed by atoms with Gasteiger partial charge in [-0.1, -0.05) is 0 Å². The highest BCUT2D eigenvalue weighted by Crippen LogP contribution is 2.20. The Labute approximate surface area is 100 Å². The molecule has 2 rings (SSSR count). The average Bonchev–Trinajstić information content (AvgIpc) is 2.65. The van der Waals surface area contributed by atoms with Crippen LogP contribution < -0.4 is 10.9 Å². The molecule has 0 spiro atoms. The third-order valence-electron chi connectivity index (χ3n) is 2.06. The van der Waals surface area contributed by atoms with Crippen LogP contribution in [0, 0.1) is 0 Å². The molecular weight excluding hydrogens is 274 g/mol. The van der Waals surface area contributed by atoms with Gasteiger partial charge in [0, 0.05) is 20.3 Å². The second-order valence-electron chi connectivity index (χ2n) is 3.33. The van der Waals surface area contributed by atoms with Gasteiger partial charge in [0.05, 0.1) is 23.8 Å². The summed E-state index contributed by atoms with van der Waals surface area (Å²) in [4.78, 5) is 11.6. The second-order valence-corrected chi connectivity index (χ2v) is 4.12. The Morgan fingerprint density at radius 1 is 1.31 bits per heavy atom. The van der Waals surface area contributed by atoms with Gasteiger partial charge in [-0.2, -0.15) is 10.2 Å². The van der Waals surface area contributed by atoms with E-state index in [1.54, 1.807) is 24.1 Å². The van der Waals surface area contributed by atoms with Gasteiger partial charge in [0.1, 0.15) is 4.47 Å². The SMILES string of the molecule is Cn1cc(Nc2cnn(C)c(=O)c2Br)cn1. The van der Waals surface area contributed by atoms with Crippen molar-refractivity contribution in [3.8, 4) is 0 Å². The molecule has 1 N–H and O–H groups in total. The molecule has 0 atom stereocenters. The summed E-state index contributed by atoms with van der Waals surface area (Å²) in [6, 6.07) is 0. The van der Waals surface area contributed by atoms with Crippen molar-refractivity contribution in [1.29, 1.82) is 0 Å². The number of aryl methyl sites for hydroxylation is 2. The number of rotatable bonds is 2. The molecule has 0 saturated heterocycles. The summed E-state index contributed by atoms with van der Waals surface area (Å²) < 4.78 is 3.39. The van der Waals surface area contributed by atoms with Crippen LogP contribution in [0.15, 0.2) is 27.9 Å². The van der Waals surface area contributed by atoms with Crippen LogP contribution in [0.2, 0.25) is 0 Å². The van der Waals surface area contributed by atoms with Gasteiger partial charge in [-0.05, 0) is 15.9 Å². The van der Waals surface area contributed by atoms with Gasteiger partial charge in [0.25, 0.3) is 5.56 Å². The zero-order valence-electron chi connectivity index (χ0n) is 8.81. The lowest BCUT2D eigenvalue weighted by atomic mass is 10.4. The van der Waals surface area contributed by atoms with Crippen molar-refractivity contribution in [2.75, 3.05) is 5.32 Å². The first-order valence-corrected chi connectivity index (χ1v) is 5.34. The molecule has 0 amide bonds. The largest absolute Gasteiger partial charge is 0.351 e. The van der Waals surface area contributed by atoms with Gasteiger partial charge < -0.3 is 5.32 Å². The number of nitrogens with zero attached hydrogens (tertiary/aromatic N) is 4. The summed E-state index contributed by atoms with van der Waals surface area (Å²) in [6.07, 6.45) is 5.06. The Morgan fingerprint density at radius 2 is 2.06 bits per heavy atom. The lowest BCUT2D eigenvalue weighted by Gasteiger charge is -2.05. The molecule has 0 saturated carbocycles. The number of hydrogen-bond donors (Lipinski definition) is 1. The van der Waals surface area contributed by atoms with Crippen LogP contribution in [0.5, 0.6) is 0 Å². The van der Waals surface area contributed by atoms with E-state index in [4.69, 9.17) is 0 Å². The molecular formula is C9H10BrN5O. The molecule has 2 aromatic rings. The summed E-state index contributed by atoms with van der Waals surface area (Å²) in [7, 11) is 3.42. The van der Waals surface area contributed by atoms with Crippen molar-refractivity contribution >= 4 is 27.3 Å². The molecule has 0 aliphatic heterocycles. The van der Waals surface area contributed by atoms with E-state index in [1.807, 2.05) is 13.2 Å². The molecule has 0 unspecified atom stereocenters. The lowest BCUT2D eigenvalue weighted by Crippen LogP contribution is -2.20. The van der Waals surface area contributed by atoms with Crippen molar-refractivity contribution in [3.63, 3.8) is 0 Å². The number of halogens is 1. The fourth-order valence-corrected chi connectivity index (χ4v) is 1.70. The molecule has 0 aromatic carbocycles. The third kappa shape index (κ3) is 1.99. The number of hydrogen-bond acceptors (Lipinski definition) is 4. The van der Waals surface area contributed by atoms with Gasteiger partial charge in [0.2, 0.25) is 0 Å². The predicted molar refractivity (Wildman–Crippen MR) is 63.7 cm³/mol. The van der Waals surface area contributed by atoms with E-state index in [0.717, 1.165) is 5.69 Å². The van der Waals surface area contributed by atoms with E-state index >= 15 is 0 Å². The van der Waals surface area contributed by atoms with E-state index in [9.17, 15) is 4.79 Å². The molecule has 16 heavy (non-hydrogen) atoms. The molecule has 0 aliphatic rings. The predicted octanol–water partition coefficient (Wildman–Crippen LogP) is 1.02. The van der Waals surface area contributed by atoms with Crippen molar-refractivity contribution in [2.45, 2.75) is 0 Å². The average molecular weight is 284 g/mol. The van der Waals surface area contributed by atoms with Crippen LogP contribution in [0.3, 0.4) is 0 Å². The first kappa shape index (κ1) is 10.9. The van der Waals surface area contributed by atoms with Crippen LogP contribution in [0.25, 0.3) is 0 Å². The van der Waals surface area contributed by atoms with Crippen LogP contribution in [-0.4, -0.2) is 19.6 Å². The highest BCUT2D eigenvalue weighted by atomic mass is 79.9. The van der Waals surface area contributed by atoms with Crippen molar-refractivity contribution in [1.82, 2.24) is 19.6 Å². The summed E-state index contributed by atoms with van der Waals surface area (Å²) in [6.45, 7) is 0. The van der Waals surface area contributed by atoms with E-state index in [1.165, 1.54) is 4.68 Å². The minimum atomic E-state index is -0.186. The minimum absolute atomic E-state index is 0.186. The highest BCUT2D eigenvalue weighted by molar-refractivity contribution is 9.10. The maximum Gasteiger partial charge on any atom is 0.282 e. The Bertz CT molecular complexity index is 574. The summed E-state index contributed by atoms with van der Waals surface area (Å²) in [5, 5.41) is 11.0. The Balaban J connectivity index is 2.36. The minimum Gasteiger partial charge on any atom is -0.351 e. The first-order chi connectivity index (χ1) is 7.58. The van der Waals surface area contributed by atoms with Crippen LogP contribution in [0.4, 0.5) is 11.4 Å². The topological polar surface area (TPSA) is 64.7 Å². The number of aromatic nitrogens is 4. The van der Waals surface area contributed by atoms with E-state index < -0.39 is 0 Å². The third-order valence-corrected chi connectivity index (χ3v) is 2.83. The fourth-order valence-electron chi connectivity index (χ4n) is 1.24. The van der Waals surface area contributed by atoms with Gasteiger partial charge in [0.15, 0.2) is 0 Å². The number of nitrogens with one attached hydrogen (secondary N) is 1. The normalized spacial score (nSPS) is 10.4. The zero-order valence-corrected chi connectivity index (χ0v) is 10.4. The first-order valence-electron chi connectivity index (χ1n) is 4.55. The van der Waals surface area contributed by atoms with E-state index in [-0.39, 0.29) is 5.56 Å². The van der Waals surface area contributed by atoms with Crippen LogP contribution in [-0.2, 0) is 14.1 Å². The monoisotopic (exact) mass is 283 g/mol. The van der Waals surface area contributed by atoms with Crippen molar-refractivity contribution in [3.05, 3.63) is 33.4 Å². The molecule has 7 heteroatoms. The van der Waals surface area contributed by atoms with E-state index in [0.29, 0.717) is 10.2 Å². The zero-order chi connectivity index (χ0) is 11.7. The van der Waals surface area contributed by atoms with Gasteiger partial charge in [-0.3, -0.25) is 9.48 Å². The maximum atomic E-state index is 11.6. The van der Waals surface area contributed by atoms with Crippen molar-refractivity contribution in [2.24, 2.45) is 14.1 Å². The van der Waals surface area contributed by atoms with Gasteiger partial charge in [-0.25, -0.2) is 4.68 Å². The van der Waals surface area contributed by atoms with Gasteiger partial charge in [-0.15, -0.1) is 0 Å². The Hall–Kier alpha value is -1.63. The van der Waals surface area contributed by atoms with Crippen LogP contribution in [0.1, 0.15) is 0 Å². The quantitative estimate of drug-likeness (QED) is 0.894. The number of anilines is 2. The molecule has 0 radical (unpaired) electrons. The summed E-state index contributed by atoms with van der Waals surface area (Å²) in [5.41, 5.74) is 1.24. The second kappa shape index (κ2) is 4.09. The maximum absolute atomic E-state index is 11.6. The molecule has 2 aromatic heterocycles. The lowest BCUT2D eigenvalue weighted by molar-refractivity contribution is 0.704. The van der Waals surface area contributed by atoms with E-state index in [2.05, 4.69) is 31.4 Å². The molecule has 6 nitrogen and oxygen atoms in total. The molecule has 0 fully saturated rings. The molecule has 2 heterocycles. The Morgan fingerprint density at radius 3 is 2.69 bits per heavy atom. The molecule has 0 bridgehead atoms. The Kier molecular flexibility index (Phi) is 2.78. The summed E-state index contributed by atoms with van der Waals surface area (Å²) >= 11 is 3.23. The van der Waals surface area contributed by atoms with Crippen molar-refractivity contribution < 1.29 is 0 Å². The fraction of sp³-hybridized carbons (Fsp3) is 0.222. The summed E-state index contributed by atoms with van der Waals surface area (Å²) in [5.74, 6) is 0. The van der Waals surface area contributed by atoms with Crippen LogP contribution >= 0.6 is 15.9 Å².